The second-order valence-corrected chi connectivity index (χ2v) is 5.69. The molecule has 1 aromatic carbocycles. The molecular formula is C16H23N3OS. The number of rotatable bonds is 8. The fourth-order valence-electron chi connectivity index (χ4n) is 2.04. The highest BCUT2D eigenvalue weighted by Crippen LogP contribution is 2.23. The third-order valence-electron chi connectivity index (χ3n) is 3.21. The smallest absolute Gasteiger partial charge is 0.185 e. The lowest BCUT2D eigenvalue weighted by Crippen LogP contribution is -2.21. The van der Waals surface area contributed by atoms with Gasteiger partial charge in [-0.05, 0) is 45.0 Å². The van der Waals surface area contributed by atoms with Gasteiger partial charge >= 0.3 is 0 Å². The zero-order valence-electron chi connectivity index (χ0n) is 12.9. The van der Waals surface area contributed by atoms with Crippen molar-refractivity contribution in [2.24, 2.45) is 0 Å². The Kier molecular flexibility index (Phi) is 5.87. The van der Waals surface area contributed by atoms with Gasteiger partial charge < -0.3 is 15.0 Å². The summed E-state index contributed by atoms with van der Waals surface area (Å²) in [7, 11) is 0. The molecule has 0 bridgehead atoms. The second kappa shape index (κ2) is 7.88. The SMILES string of the molecule is CCOc1ccc(NCc2cnc(N(CC)CC)s2)cc1. The molecule has 1 aromatic heterocycles. The van der Waals surface area contributed by atoms with Gasteiger partial charge in [0.05, 0.1) is 13.2 Å². The molecule has 4 nitrogen and oxygen atoms in total. The van der Waals surface area contributed by atoms with Gasteiger partial charge in [-0.15, -0.1) is 11.3 Å². The summed E-state index contributed by atoms with van der Waals surface area (Å²) in [5.41, 5.74) is 1.09. The Morgan fingerprint density at radius 3 is 2.48 bits per heavy atom. The van der Waals surface area contributed by atoms with Crippen LogP contribution in [-0.2, 0) is 6.54 Å². The minimum atomic E-state index is 0.696. The van der Waals surface area contributed by atoms with E-state index in [-0.39, 0.29) is 0 Å². The lowest BCUT2D eigenvalue weighted by Gasteiger charge is -2.16. The van der Waals surface area contributed by atoms with E-state index >= 15 is 0 Å². The first-order valence-electron chi connectivity index (χ1n) is 7.43. The Morgan fingerprint density at radius 1 is 1.14 bits per heavy atom. The van der Waals surface area contributed by atoms with Crippen LogP contribution < -0.4 is 15.0 Å². The molecule has 1 N–H and O–H groups in total. The molecule has 0 aliphatic heterocycles. The van der Waals surface area contributed by atoms with Crippen LogP contribution in [0.25, 0.3) is 0 Å². The predicted molar refractivity (Wildman–Crippen MR) is 90.6 cm³/mol. The zero-order valence-corrected chi connectivity index (χ0v) is 13.7. The summed E-state index contributed by atoms with van der Waals surface area (Å²) in [5.74, 6) is 0.907. The molecule has 1 heterocycles. The highest BCUT2D eigenvalue weighted by Gasteiger charge is 2.07. The first-order chi connectivity index (χ1) is 10.3. The first kappa shape index (κ1) is 15.6. The lowest BCUT2D eigenvalue weighted by molar-refractivity contribution is 0.340. The van der Waals surface area contributed by atoms with E-state index in [0.717, 1.165) is 36.2 Å². The molecule has 21 heavy (non-hydrogen) atoms. The van der Waals surface area contributed by atoms with Crippen molar-refractivity contribution in [3.8, 4) is 5.75 Å². The van der Waals surface area contributed by atoms with Crippen LogP contribution in [0, 0.1) is 0 Å². The fourth-order valence-corrected chi connectivity index (χ4v) is 3.02. The summed E-state index contributed by atoms with van der Waals surface area (Å²) < 4.78 is 5.44. The third kappa shape index (κ3) is 4.36. The molecule has 2 aromatic rings. The van der Waals surface area contributed by atoms with Gasteiger partial charge in [0.1, 0.15) is 5.75 Å². The molecule has 0 aliphatic rings. The molecule has 2 rings (SSSR count). The second-order valence-electron chi connectivity index (χ2n) is 4.59. The topological polar surface area (TPSA) is 37.4 Å². The maximum atomic E-state index is 5.44. The van der Waals surface area contributed by atoms with E-state index in [4.69, 9.17) is 4.74 Å². The van der Waals surface area contributed by atoms with Crippen LogP contribution in [0.15, 0.2) is 30.5 Å². The van der Waals surface area contributed by atoms with Gasteiger partial charge in [0, 0.05) is 29.9 Å². The maximum Gasteiger partial charge on any atom is 0.185 e. The van der Waals surface area contributed by atoms with Crippen molar-refractivity contribution >= 4 is 22.2 Å². The Bertz CT molecular complexity index is 535. The number of thiazole rings is 1. The minimum absolute atomic E-state index is 0.696. The average molecular weight is 305 g/mol. The van der Waals surface area contributed by atoms with Gasteiger partial charge in [-0.1, -0.05) is 0 Å². The van der Waals surface area contributed by atoms with Crippen molar-refractivity contribution in [1.29, 1.82) is 0 Å². The number of hydrogen-bond donors (Lipinski definition) is 1. The number of ether oxygens (including phenoxy) is 1. The molecule has 0 spiro atoms. The largest absolute Gasteiger partial charge is 0.494 e. The molecule has 0 saturated carbocycles. The van der Waals surface area contributed by atoms with Crippen LogP contribution in [-0.4, -0.2) is 24.7 Å². The summed E-state index contributed by atoms with van der Waals surface area (Å²) in [6.07, 6.45) is 1.96. The van der Waals surface area contributed by atoms with Gasteiger partial charge in [0.2, 0.25) is 0 Å². The highest BCUT2D eigenvalue weighted by atomic mass is 32.1. The number of hydrogen-bond acceptors (Lipinski definition) is 5. The molecule has 0 radical (unpaired) electrons. The first-order valence-corrected chi connectivity index (χ1v) is 8.24. The predicted octanol–water partition coefficient (Wildman–Crippen LogP) is 4.00. The third-order valence-corrected chi connectivity index (χ3v) is 4.27. The zero-order chi connectivity index (χ0) is 15.1. The standard InChI is InChI=1S/C16H23N3OS/c1-4-19(5-2)16-18-12-15(21-16)11-17-13-7-9-14(10-8-13)20-6-3/h7-10,12,17H,4-6,11H2,1-3H3. The molecule has 5 heteroatoms. The molecule has 0 saturated heterocycles. The Labute approximate surface area is 130 Å². The van der Waals surface area contributed by atoms with Gasteiger partial charge in [-0.3, -0.25) is 0 Å². The van der Waals surface area contributed by atoms with Gasteiger partial charge in [0.25, 0.3) is 0 Å². The summed E-state index contributed by atoms with van der Waals surface area (Å²) >= 11 is 1.75. The average Bonchev–Trinajstić information content (AvgIpc) is 2.97. The van der Waals surface area contributed by atoms with Crippen LogP contribution in [0.2, 0.25) is 0 Å². The quantitative estimate of drug-likeness (QED) is 0.800. The van der Waals surface area contributed by atoms with Crippen molar-refractivity contribution in [1.82, 2.24) is 4.98 Å². The van der Waals surface area contributed by atoms with Crippen molar-refractivity contribution in [2.75, 3.05) is 29.9 Å². The molecule has 0 aliphatic carbocycles. The Morgan fingerprint density at radius 2 is 1.86 bits per heavy atom. The van der Waals surface area contributed by atoms with E-state index in [0.29, 0.717) is 6.61 Å². The molecular weight excluding hydrogens is 282 g/mol. The van der Waals surface area contributed by atoms with Crippen molar-refractivity contribution in [2.45, 2.75) is 27.3 Å². The summed E-state index contributed by atoms with van der Waals surface area (Å²) in [6.45, 7) is 9.79. The molecule has 0 fully saturated rings. The van der Waals surface area contributed by atoms with E-state index < -0.39 is 0 Å². The van der Waals surface area contributed by atoms with Crippen molar-refractivity contribution < 1.29 is 4.74 Å². The highest BCUT2D eigenvalue weighted by molar-refractivity contribution is 7.15. The van der Waals surface area contributed by atoms with Crippen molar-refractivity contribution in [3.05, 3.63) is 35.3 Å². The number of anilines is 2. The van der Waals surface area contributed by atoms with Crippen LogP contribution >= 0.6 is 11.3 Å². The molecule has 0 amide bonds. The van der Waals surface area contributed by atoms with Crippen LogP contribution in [0.3, 0.4) is 0 Å². The van der Waals surface area contributed by atoms with E-state index in [1.165, 1.54) is 4.88 Å². The van der Waals surface area contributed by atoms with Crippen LogP contribution in [0.4, 0.5) is 10.8 Å². The number of benzene rings is 1. The Hall–Kier alpha value is -1.75. The van der Waals surface area contributed by atoms with Gasteiger partial charge in [0.15, 0.2) is 5.13 Å². The van der Waals surface area contributed by atoms with Gasteiger partial charge in [-0.2, -0.15) is 0 Å². The van der Waals surface area contributed by atoms with E-state index in [1.807, 2.05) is 37.4 Å². The minimum Gasteiger partial charge on any atom is -0.494 e. The fraction of sp³-hybridized carbons (Fsp3) is 0.438. The molecule has 114 valence electrons. The van der Waals surface area contributed by atoms with E-state index in [9.17, 15) is 0 Å². The van der Waals surface area contributed by atoms with Gasteiger partial charge in [-0.25, -0.2) is 4.98 Å². The summed E-state index contributed by atoms with van der Waals surface area (Å²) in [5, 5.41) is 4.52. The number of aromatic nitrogens is 1. The van der Waals surface area contributed by atoms with E-state index in [1.54, 1.807) is 11.3 Å². The van der Waals surface area contributed by atoms with Crippen LogP contribution in [0.1, 0.15) is 25.6 Å². The molecule has 0 atom stereocenters. The van der Waals surface area contributed by atoms with Crippen LogP contribution in [0.5, 0.6) is 5.75 Å². The van der Waals surface area contributed by atoms with E-state index in [2.05, 4.69) is 29.0 Å². The monoisotopic (exact) mass is 305 g/mol. The summed E-state index contributed by atoms with van der Waals surface area (Å²) in [6, 6.07) is 8.05. The maximum absolute atomic E-state index is 5.44. The Balaban J connectivity index is 1.90. The van der Waals surface area contributed by atoms with Crippen molar-refractivity contribution in [3.63, 3.8) is 0 Å². The summed E-state index contributed by atoms with van der Waals surface area (Å²) in [4.78, 5) is 8.00. The molecule has 0 unspecified atom stereocenters. The number of nitrogens with one attached hydrogen (secondary N) is 1. The lowest BCUT2D eigenvalue weighted by atomic mass is 10.3. The number of nitrogens with zero attached hydrogens (tertiary/aromatic N) is 2. The normalized spacial score (nSPS) is 10.4.